The average molecular weight is 360 g/mol. The van der Waals surface area contributed by atoms with E-state index in [9.17, 15) is 13.2 Å². The Bertz CT molecular complexity index is 802. The molecule has 2 rings (SSSR count). The van der Waals surface area contributed by atoms with Crippen molar-refractivity contribution in [2.24, 2.45) is 0 Å². The summed E-state index contributed by atoms with van der Waals surface area (Å²) in [6.07, 6.45) is 2.03. The Morgan fingerprint density at radius 1 is 1.08 bits per heavy atom. The zero-order valence-electron chi connectivity index (χ0n) is 14.8. The highest BCUT2D eigenvalue weighted by Crippen LogP contribution is 2.21. The fourth-order valence-corrected chi connectivity index (χ4v) is 3.23. The monoisotopic (exact) mass is 360 g/mol. The summed E-state index contributed by atoms with van der Waals surface area (Å²) >= 11 is 0. The number of nitrogens with zero attached hydrogens (tertiary/aromatic N) is 1. The minimum atomic E-state index is -3.44. The molecule has 0 aromatic heterocycles. The summed E-state index contributed by atoms with van der Waals surface area (Å²) in [6, 6.07) is 16.1. The molecule has 0 aliphatic heterocycles. The number of amides is 1. The number of hydrogen-bond acceptors (Lipinski definition) is 3. The molecule has 2 aromatic carbocycles. The van der Waals surface area contributed by atoms with Gasteiger partial charge in [-0.3, -0.25) is 9.10 Å². The van der Waals surface area contributed by atoms with Gasteiger partial charge in [-0.1, -0.05) is 37.3 Å². The van der Waals surface area contributed by atoms with E-state index in [-0.39, 0.29) is 18.5 Å². The molecular weight excluding hydrogens is 336 g/mol. The molecule has 0 spiro atoms. The SMILES string of the molecule is CCC(C)NC(=O)c1ccc(N(Cc2ccccc2)S(C)(=O)=O)cc1. The van der Waals surface area contributed by atoms with E-state index in [0.29, 0.717) is 11.3 Å². The number of sulfonamides is 1. The predicted octanol–water partition coefficient (Wildman–Crippen LogP) is 3.18. The lowest BCUT2D eigenvalue weighted by Gasteiger charge is -2.23. The number of anilines is 1. The summed E-state index contributed by atoms with van der Waals surface area (Å²) in [5, 5.41) is 2.89. The molecule has 0 aliphatic carbocycles. The largest absolute Gasteiger partial charge is 0.350 e. The van der Waals surface area contributed by atoms with Crippen molar-refractivity contribution in [1.29, 1.82) is 0 Å². The smallest absolute Gasteiger partial charge is 0.251 e. The molecule has 1 N–H and O–H groups in total. The molecular formula is C19H24N2O3S. The van der Waals surface area contributed by atoms with E-state index in [1.807, 2.05) is 44.2 Å². The van der Waals surface area contributed by atoms with E-state index in [2.05, 4.69) is 5.32 Å². The molecule has 1 amide bonds. The first-order valence-electron chi connectivity index (χ1n) is 8.24. The number of benzene rings is 2. The van der Waals surface area contributed by atoms with Gasteiger partial charge in [-0.25, -0.2) is 8.42 Å². The maximum atomic E-state index is 12.2. The summed E-state index contributed by atoms with van der Waals surface area (Å²) in [4.78, 5) is 12.1. The van der Waals surface area contributed by atoms with Crippen LogP contribution in [0.15, 0.2) is 54.6 Å². The Balaban J connectivity index is 2.23. The van der Waals surface area contributed by atoms with Crippen LogP contribution in [0.2, 0.25) is 0 Å². The van der Waals surface area contributed by atoms with Crippen molar-refractivity contribution in [3.8, 4) is 0 Å². The summed E-state index contributed by atoms with van der Waals surface area (Å²) in [6.45, 7) is 4.19. The van der Waals surface area contributed by atoms with Crippen LogP contribution in [0, 0.1) is 0 Å². The summed E-state index contributed by atoms with van der Waals surface area (Å²) in [7, 11) is -3.44. The average Bonchev–Trinajstić information content (AvgIpc) is 2.59. The lowest BCUT2D eigenvalue weighted by atomic mass is 10.1. The standard InChI is InChI=1S/C19H24N2O3S/c1-4-15(2)20-19(22)17-10-12-18(13-11-17)21(25(3,23)24)14-16-8-6-5-7-9-16/h5-13,15H,4,14H2,1-3H3,(H,20,22). The van der Waals surface area contributed by atoms with E-state index >= 15 is 0 Å². The first-order valence-corrected chi connectivity index (χ1v) is 10.1. The zero-order valence-corrected chi connectivity index (χ0v) is 15.6. The highest BCUT2D eigenvalue weighted by atomic mass is 32.2. The van der Waals surface area contributed by atoms with Gasteiger partial charge in [0.25, 0.3) is 5.91 Å². The Morgan fingerprint density at radius 3 is 2.20 bits per heavy atom. The Hall–Kier alpha value is -2.34. The van der Waals surface area contributed by atoms with Gasteiger partial charge in [-0.2, -0.15) is 0 Å². The summed E-state index contributed by atoms with van der Waals surface area (Å²) < 4.78 is 25.7. The first kappa shape index (κ1) is 19.0. The van der Waals surface area contributed by atoms with Crippen molar-refractivity contribution in [3.63, 3.8) is 0 Å². The molecule has 5 nitrogen and oxygen atoms in total. The number of carbonyl (C=O) groups is 1. The van der Waals surface area contributed by atoms with Gasteiger partial charge >= 0.3 is 0 Å². The highest BCUT2D eigenvalue weighted by molar-refractivity contribution is 7.92. The molecule has 0 bridgehead atoms. The fourth-order valence-electron chi connectivity index (χ4n) is 2.34. The van der Waals surface area contributed by atoms with Crippen molar-refractivity contribution in [1.82, 2.24) is 5.32 Å². The molecule has 0 heterocycles. The Morgan fingerprint density at radius 2 is 1.68 bits per heavy atom. The van der Waals surface area contributed by atoms with E-state index in [4.69, 9.17) is 0 Å². The van der Waals surface area contributed by atoms with Gasteiger partial charge in [0.15, 0.2) is 0 Å². The van der Waals surface area contributed by atoms with Crippen molar-refractivity contribution < 1.29 is 13.2 Å². The maximum absolute atomic E-state index is 12.2. The van der Waals surface area contributed by atoms with Crippen LogP contribution < -0.4 is 9.62 Å². The number of rotatable bonds is 7. The zero-order chi connectivity index (χ0) is 18.4. The molecule has 25 heavy (non-hydrogen) atoms. The van der Waals surface area contributed by atoms with Crippen molar-refractivity contribution in [2.75, 3.05) is 10.6 Å². The van der Waals surface area contributed by atoms with Gasteiger partial charge in [0, 0.05) is 11.6 Å². The molecule has 0 aliphatic rings. The molecule has 0 fully saturated rings. The van der Waals surface area contributed by atoms with Crippen LogP contribution in [0.25, 0.3) is 0 Å². The number of nitrogens with one attached hydrogen (secondary N) is 1. The second-order valence-electron chi connectivity index (χ2n) is 6.08. The van der Waals surface area contributed by atoms with Crippen LogP contribution in [0.1, 0.15) is 36.2 Å². The van der Waals surface area contributed by atoms with Gasteiger partial charge in [-0.15, -0.1) is 0 Å². The van der Waals surface area contributed by atoms with E-state index in [1.54, 1.807) is 24.3 Å². The molecule has 2 aromatic rings. The maximum Gasteiger partial charge on any atom is 0.251 e. The normalized spacial score (nSPS) is 12.4. The van der Waals surface area contributed by atoms with Crippen LogP contribution in [-0.4, -0.2) is 26.6 Å². The summed E-state index contributed by atoms with van der Waals surface area (Å²) in [5.74, 6) is -0.158. The van der Waals surface area contributed by atoms with Crippen molar-refractivity contribution in [3.05, 3.63) is 65.7 Å². The van der Waals surface area contributed by atoms with Gasteiger partial charge in [0.1, 0.15) is 0 Å². The molecule has 1 unspecified atom stereocenters. The van der Waals surface area contributed by atoms with Crippen LogP contribution in [0.4, 0.5) is 5.69 Å². The predicted molar refractivity (Wildman–Crippen MR) is 101 cm³/mol. The quantitative estimate of drug-likeness (QED) is 0.825. The molecule has 0 saturated heterocycles. The van der Waals surface area contributed by atoms with Gasteiger partial charge in [0.05, 0.1) is 18.5 Å². The third kappa shape index (κ3) is 5.32. The highest BCUT2D eigenvalue weighted by Gasteiger charge is 2.18. The molecule has 6 heteroatoms. The summed E-state index contributed by atoms with van der Waals surface area (Å²) in [5.41, 5.74) is 1.94. The minimum Gasteiger partial charge on any atom is -0.350 e. The molecule has 0 saturated carbocycles. The van der Waals surface area contributed by atoms with Crippen LogP contribution in [0.3, 0.4) is 0 Å². The fraction of sp³-hybridized carbons (Fsp3) is 0.316. The third-order valence-electron chi connectivity index (χ3n) is 3.98. The van der Waals surface area contributed by atoms with Crippen molar-refractivity contribution >= 4 is 21.6 Å². The van der Waals surface area contributed by atoms with Gasteiger partial charge in [-0.05, 0) is 43.2 Å². The molecule has 1 atom stereocenters. The number of hydrogen-bond donors (Lipinski definition) is 1. The van der Waals surface area contributed by atoms with Gasteiger partial charge in [0.2, 0.25) is 10.0 Å². The Kier molecular flexibility index (Phi) is 6.20. The second-order valence-corrected chi connectivity index (χ2v) is 7.99. The lowest BCUT2D eigenvalue weighted by molar-refractivity contribution is 0.0939. The van der Waals surface area contributed by atoms with Crippen molar-refractivity contribution in [2.45, 2.75) is 32.9 Å². The third-order valence-corrected chi connectivity index (χ3v) is 5.12. The van der Waals surface area contributed by atoms with E-state index in [0.717, 1.165) is 12.0 Å². The number of carbonyl (C=O) groups excluding carboxylic acids is 1. The molecule has 134 valence electrons. The van der Waals surface area contributed by atoms with E-state index < -0.39 is 10.0 Å². The molecule has 0 radical (unpaired) electrons. The van der Waals surface area contributed by atoms with Crippen LogP contribution in [0.5, 0.6) is 0 Å². The van der Waals surface area contributed by atoms with Gasteiger partial charge < -0.3 is 5.32 Å². The first-order chi connectivity index (χ1) is 11.8. The Labute approximate surface area is 149 Å². The topological polar surface area (TPSA) is 66.5 Å². The van der Waals surface area contributed by atoms with Crippen LogP contribution >= 0.6 is 0 Å². The second kappa shape index (κ2) is 8.16. The minimum absolute atomic E-state index is 0.0952. The van der Waals surface area contributed by atoms with E-state index in [1.165, 1.54) is 10.6 Å². The van der Waals surface area contributed by atoms with Crippen LogP contribution in [-0.2, 0) is 16.6 Å². The lowest BCUT2D eigenvalue weighted by Crippen LogP contribution is -2.32.